The first-order chi connectivity index (χ1) is 11.6. The van der Waals surface area contributed by atoms with Crippen molar-refractivity contribution in [2.45, 2.75) is 51.7 Å². The van der Waals surface area contributed by atoms with E-state index in [1.54, 1.807) is 6.92 Å². The molecule has 1 aliphatic carbocycles. The molecule has 0 saturated heterocycles. The second kappa shape index (κ2) is 7.18. The highest BCUT2D eigenvalue weighted by Crippen LogP contribution is 2.36. The summed E-state index contributed by atoms with van der Waals surface area (Å²) in [5, 5.41) is 10.5. The van der Waals surface area contributed by atoms with Gasteiger partial charge in [-0.25, -0.2) is 9.78 Å². The number of hydrogen-bond acceptors (Lipinski definition) is 4. The summed E-state index contributed by atoms with van der Waals surface area (Å²) in [6.45, 7) is 3.98. The molecule has 1 aromatic carbocycles. The molecule has 0 aliphatic heterocycles. The van der Waals surface area contributed by atoms with E-state index in [9.17, 15) is 9.90 Å². The molecule has 0 spiro atoms. The third-order valence-corrected chi connectivity index (χ3v) is 4.63. The van der Waals surface area contributed by atoms with Crippen LogP contribution in [-0.4, -0.2) is 33.3 Å². The van der Waals surface area contributed by atoms with E-state index in [1.807, 2.05) is 41.8 Å². The van der Waals surface area contributed by atoms with Crippen LogP contribution in [0.5, 0.6) is 0 Å². The molecule has 0 bridgehead atoms. The van der Waals surface area contributed by atoms with Gasteiger partial charge in [-0.1, -0.05) is 43.2 Å². The van der Waals surface area contributed by atoms with E-state index >= 15 is 0 Å². The van der Waals surface area contributed by atoms with E-state index in [0.29, 0.717) is 12.3 Å². The minimum Gasteiger partial charge on any atom is -0.461 e. The van der Waals surface area contributed by atoms with Crippen molar-refractivity contribution in [2.24, 2.45) is 0 Å². The van der Waals surface area contributed by atoms with Crippen molar-refractivity contribution in [1.29, 1.82) is 0 Å². The Morgan fingerprint density at radius 3 is 2.67 bits per heavy atom. The molecular weight excluding hydrogens is 304 g/mol. The molecule has 3 rings (SSSR count). The van der Waals surface area contributed by atoms with Crippen LogP contribution in [0.25, 0.3) is 11.3 Å². The van der Waals surface area contributed by atoms with Crippen LogP contribution in [0.4, 0.5) is 0 Å². The smallest absolute Gasteiger partial charge is 0.359 e. The summed E-state index contributed by atoms with van der Waals surface area (Å²) in [5.41, 5.74) is 2.00. The van der Waals surface area contributed by atoms with Crippen LogP contribution in [0.2, 0.25) is 0 Å². The number of aryl methyl sites for hydroxylation is 1. The van der Waals surface area contributed by atoms with Crippen molar-refractivity contribution in [1.82, 2.24) is 9.55 Å². The quantitative estimate of drug-likeness (QED) is 0.872. The van der Waals surface area contributed by atoms with Gasteiger partial charge < -0.3 is 14.4 Å². The first-order valence-corrected chi connectivity index (χ1v) is 8.63. The number of carbonyl (C=O) groups is 1. The third-order valence-electron chi connectivity index (χ3n) is 4.63. The molecule has 128 valence electrons. The summed E-state index contributed by atoms with van der Waals surface area (Å²) in [7, 11) is 0. The molecule has 1 N–H and O–H groups in total. The number of esters is 1. The lowest BCUT2D eigenvalue weighted by atomic mass is 9.91. The van der Waals surface area contributed by atoms with E-state index < -0.39 is 12.1 Å². The van der Waals surface area contributed by atoms with Crippen LogP contribution in [-0.2, 0) is 4.74 Å². The van der Waals surface area contributed by atoms with Crippen molar-refractivity contribution in [3.63, 3.8) is 0 Å². The Balaban J connectivity index is 2.15. The van der Waals surface area contributed by atoms with Crippen molar-refractivity contribution in [3.8, 4) is 11.3 Å². The number of ether oxygens (including phenoxy) is 1. The molecule has 0 radical (unpaired) electrons. The predicted molar refractivity (Wildman–Crippen MR) is 91.9 cm³/mol. The molecule has 1 heterocycles. The van der Waals surface area contributed by atoms with Gasteiger partial charge in [0.2, 0.25) is 0 Å². The molecule has 5 nitrogen and oxygen atoms in total. The largest absolute Gasteiger partial charge is 0.461 e. The zero-order chi connectivity index (χ0) is 17.1. The summed E-state index contributed by atoms with van der Waals surface area (Å²) in [5.74, 6) is 0.325. The van der Waals surface area contributed by atoms with Gasteiger partial charge in [-0.3, -0.25) is 0 Å². The van der Waals surface area contributed by atoms with E-state index in [2.05, 4.69) is 4.98 Å². The molecule has 2 aromatic rings. The maximum Gasteiger partial charge on any atom is 0.359 e. The van der Waals surface area contributed by atoms with Crippen molar-refractivity contribution < 1.29 is 14.6 Å². The molecule has 1 unspecified atom stereocenters. The lowest BCUT2D eigenvalue weighted by Gasteiger charge is -2.31. The average Bonchev–Trinajstić information content (AvgIpc) is 2.94. The minimum atomic E-state index is -0.413. The Bertz CT molecular complexity index is 709. The van der Waals surface area contributed by atoms with Crippen molar-refractivity contribution >= 4 is 5.97 Å². The van der Waals surface area contributed by atoms with Crippen LogP contribution >= 0.6 is 0 Å². The molecule has 5 heteroatoms. The molecule has 1 fully saturated rings. The number of carbonyl (C=O) groups excluding carboxylic acids is 1. The Morgan fingerprint density at radius 2 is 2.00 bits per heavy atom. The fourth-order valence-electron chi connectivity index (χ4n) is 3.56. The minimum absolute atomic E-state index is 0.0513. The summed E-state index contributed by atoms with van der Waals surface area (Å²) < 4.78 is 7.23. The Morgan fingerprint density at radius 1 is 1.29 bits per heavy atom. The van der Waals surface area contributed by atoms with Gasteiger partial charge in [0.1, 0.15) is 5.82 Å². The van der Waals surface area contributed by atoms with Gasteiger partial charge in [-0.2, -0.15) is 0 Å². The highest BCUT2D eigenvalue weighted by atomic mass is 16.5. The van der Waals surface area contributed by atoms with Gasteiger partial charge in [0.15, 0.2) is 5.69 Å². The summed E-state index contributed by atoms with van der Waals surface area (Å²) in [6, 6.07) is 9.69. The number of aromatic nitrogens is 2. The number of rotatable bonds is 4. The molecular formula is C19H24N2O3. The standard InChI is InChI=1S/C19H24N2O3/c1-3-24-19(23)17-18(14-9-5-4-6-10-14)21(13(2)20-17)15-11-7-8-12-16(15)22/h4-6,9-10,15-16,22H,3,7-8,11-12H2,1-2H3/t15?,16-/m0/s1. The summed E-state index contributed by atoms with van der Waals surface area (Å²) in [6.07, 6.45) is 3.37. The van der Waals surface area contributed by atoms with Gasteiger partial charge in [0, 0.05) is 5.56 Å². The maximum atomic E-state index is 12.4. The number of nitrogens with zero attached hydrogens (tertiary/aromatic N) is 2. The molecule has 2 atom stereocenters. The number of benzene rings is 1. The Hall–Kier alpha value is -2.14. The van der Waals surface area contributed by atoms with E-state index in [0.717, 1.165) is 42.8 Å². The first-order valence-electron chi connectivity index (χ1n) is 8.63. The van der Waals surface area contributed by atoms with Crippen LogP contribution in [0, 0.1) is 6.92 Å². The predicted octanol–water partition coefficient (Wildman–Crippen LogP) is 3.51. The van der Waals surface area contributed by atoms with Gasteiger partial charge in [-0.15, -0.1) is 0 Å². The second-order valence-electron chi connectivity index (χ2n) is 6.23. The number of imidazole rings is 1. The van der Waals surface area contributed by atoms with Crippen LogP contribution in [0.1, 0.15) is 55.0 Å². The third kappa shape index (κ3) is 3.08. The Kier molecular flexibility index (Phi) is 5.00. The summed E-state index contributed by atoms with van der Waals surface area (Å²) in [4.78, 5) is 16.9. The van der Waals surface area contributed by atoms with Crippen LogP contribution in [0.3, 0.4) is 0 Å². The lowest BCUT2D eigenvalue weighted by Crippen LogP contribution is -2.29. The van der Waals surface area contributed by atoms with Crippen LogP contribution in [0.15, 0.2) is 30.3 Å². The highest BCUT2D eigenvalue weighted by Gasteiger charge is 2.31. The maximum absolute atomic E-state index is 12.4. The molecule has 1 aromatic heterocycles. The van der Waals surface area contributed by atoms with Gasteiger partial charge in [-0.05, 0) is 26.7 Å². The molecule has 24 heavy (non-hydrogen) atoms. The van der Waals surface area contributed by atoms with E-state index in [-0.39, 0.29) is 6.04 Å². The zero-order valence-electron chi connectivity index (χ0n) is 14.2. The van der Waals surface area contributed by atoms with Gasteiger partial charge in [0.05, 0.1) is 24.4 Å². The topological polar surface area (TPSA) is 64.3 Å². The lowest BCUT2D eigenvalue weighted by molar-refractivity contribution is 0.0519. The first kappa shape index (κ1) is 16.7. The zero-order valence-corrected chi connectivity index (χ0v) is 14.2. The number of aliphatic hydroxyl groups is 1. The average molecular weight is 328 g/mol. The summed E-state index contributed by atoms with van der Waals surface area (Å²) >= 11 is 0. The second-order valence-corrected chi connectivity index (χ2v) is 6.23. The van der Waals surface area contributed by atoms with Crippen LogP contribution < -0.4 is 0 Å². The monoisotopic (exact) mass is 328 g/mol. The van der Waals surface area contributed by atoms with Crippen molar-refractivity contribution in [2.75, 3.05) is 6.61 Å². The molecule has 1 saturated carbocycles. The fourth-order valence-corrected chi connectivity index (χ4v) is 3.56. The number of hydrogen-bond donors (Lipinski definition) is 1. The fraction of sp³-hybridized carbons (Fsp3) is 0.474. The number of aliphatic hydroxyl groups excluding tert-OH is 1. The molecule has 1 aliphatic rings. The van der Waals surface area contributed by atoms with E-state index in [1.165, 1.54) is 0 Å². The van der Waals surface area contributed by atoms with E-state index in [4.69, 9.17) is 4.74 Å². The van der Waals surface area contributed by atoms with Gasteiger partial charge >= 0.3 is 5.97 Å². The van der Waals surface area contributed by atoms with Crippen molar-refractivity contribution in [3.05, 3.63) is 41.9 Å². The Labute approximate surface area is 142 Å². The normalized spacial score (nSPS) is 20.8. The molecule has 0 amide bonds. The van der Waals surface area contributed by atoms with Gasteiger partial charge in [0.25, 0.3) is 0 Å². The highest BCUT2D eigenvalue weighted by molar-refractivity contribution is 5.94. The SMILES string of the molecule is CCOC(=O)c1nc(C)n(C2CCCC[C@@H]2O)c1-c1ccccc1.